The molecule has 1 aromatic carbocycles. The molecule has 2 aromatic rings. The molecule has 1 saturated heterocycles. The largest absolute Gasteiger partial charge is 0.330 e. The van der Waals surface area contributed by atoms with Crippen LogP contribution >= 0.6 is 0 Å². The zero-order valence-corrected chi connectivity index (χ0v) is 16.1. The van der Waals surface area contributed by atoms with Gasteiger partial charge in [0, 0.05) is 25.9 Å². The number of urea groups is 1. The van der Waals surface area contributed by atoms with Crippen LogP contribution in [-0.4, -0.2) is 26.0 Å². The van der Waals surface area contributed by atoms with E-state index >= 15 is 0 Å². The maximum absolute atomic E-state index is 13.2. The lowest BCUT2D eigenvalue weighted by atomic mass is 9.89. The van der Waals surface area contributed by atoms with Gasteiger partial charge in [0.1, 0.15) is 5.54 Å². The Morgan fingerprint density at radius 3 is 2.46 bits per heavy atom. The van der Waals surface area contributed by atoms with Gasteiger partial charge in [-0.2, -0.15) is 0 Å². The third kappa shape index (κ3) is 2.59. The Morgan fingerprint density at radius 1 is 1.00 bits per heavy atom. The van der Waals surface area contributed by atoms with Crippen molar-refractivity contribution in [3.05, 3.63) is 67.5 Å². The number of aromatic nitrogens is 2. The lowest BCUT2D eigenvalue weighted by Gasteiger charge is -2.23. The van der Waals surface area contributed by atoms with Gasteiger partial charge in [-0.3, -0.25) is 23.6 Å². The van der Waals surface area contributed by atoms with Gasteiger partial charge in [0.05, 0.1) is 6.54 Å². The smallest absolute Gasteiger partial charge is 0.319 e. The highest BCUT2D eigenvalue weighted by Gasteiger charge is 2.49. The van der Waals surface area contributed by atoms with Crippen molar-refractivity contribution in [2.24, 2.45) is 14.1 Å². The molecule has 28 heavy (non-hydrogen) atoms. The summed E-state index contributed by atoms with van der Waals surface area (Å²) in [6, 6.07) is 6.64. The first-order valence-corrected chi connectivity index (χ1v) is 9.24. The molecular weight excluding hydrogens is 360 g/mol. The molecule has 0 unspecified atom stereocenters. The molecule has 3 amide bonds. The summed E-state index contributed by atoms with van der Waals surface area (Å²) in [5, 5.41) is 2.78. The van der Waals surface area contributed by atoms with Crippen molar-refractivity contribution in [2.45, 2.75) is 38.3 Å². The molecule has 0 spiro atoms. The molecule has 0 saturated carbocycles. The molecule has 4 rings (SSSR count). The Balaban J connectivity index is 1.68. The SMILES string of the molecule is Cn1c(CN2C(=O)N[C@@](C)(c3ccc4c(c3)CCC4)C2=O)cc(=O)n(C)c1=O. The molecule has 1 fully saturated rings. The van der Waals surface area contributed by atoms with Crippen molar-refractivity contribution in [3.63, 3.8) is 0 Å². The Hall–Kier alpha value is -3.16. The van der Waals surface area contributed by atoms with E-state index in [-0.39, 0.29) is 6.54 Å². The predicted molar refractivity (Wildman–Crippen MR) is 102 cm³/mol. The van der Waals surface area contributed by atoms with E-state index in [1.54, 1.807) is 6.92 Å². The fourth-order valence-electron chi connectivity index (χ4n) is 4.01. The molecule has 0 radical (unpaired) electrons. The van der Waals surface area contributed by atoms with Crippen LogP contribution in [0.3, 0.4) is 0 Å². The first-order valence-electron chi connectivity index (χ1n) is 9.24. The average molecular weight is 382 g/mol. The zero-order valence-electron chi connectivity index (χ0n) is 16.1. The highest BCUT2D eigenvalue weighted by molar-refractivity contribution is 6.07. The number of imide groups is 1. The average Bonchev–Trinajstić information content (AvgIpc) is 3.22. The normalized spacial score (nSPS) is 21.2. The maximum atomic E-state index is 13.2. The van der Waals surface area contributed by atoms with E-state index in [2.05, 4.69) is 5.32 Å². The van der Waals surface area contributed by atoms with Gasteiger partial charge in [-0.05, 0) is 42.9 Å². The molecule has 1 N–H and O–H groups in total. The van der Waals surface area contributed by atoms with Crippen LogP contribution in [0.2, 0.25) is 0 Å². The first-order chi connectivity index (χ1) is 13.2. The van der Waals surface area contributed by atoms with E-state index in [0.717, 1.165) is 34.3 Å². The summed E-state index contributed by atoms with van der Waals surface area (Å²) in [4.78, 5) is 50.9. The summed E-state index contributed by atoms with van der Waals surface area (Å²) >= 11 is 0. The van der Waals surface area contributed by atoms with Crippen molar-refractivity contribution in [1.82, 2.24) is 19.4 Å². The van der Waals surface area contributed by atoms with Crippen molar-refractivity contribution in [1.29, 1.82) is 0 Å². The predicted octanol–water partition coefficient (Wildman–Crippen LogP) is 0.540. The number of carbonyl (C=O) groups is 2. The first kappa shape index (κ1) is 18.2. The summed E-state index contributed by atoms with van der Waals surface area (Å²) in [6.07, 6.45) is 3.11. The second-order valence-electron chi connectivity index (χ2n) is 7.66. The second kappa shape index (κ2) is 6.19. The lowest BCUT2D eigenvalue weighted by Crippen LogP contribution is -2.42. The number of rotatable bonds is 3. The standard InChI is InChI=1S/C20H22N4O4/c1-20(14-8-7-12-5-4-6-13(12)9-14)17(26)24(18(27)21-20)11-15-10-16(25)23(3)19(28)22(15)2/h7-10H,4-6,11H2,1-3H3,(H,21,27)/t20-/m0/s1. The van der Waals surface area contributed by atoms with Crippen LogP contribution in [0, 0.1) is 0 Å². The van der Waals surface area contributed by atoms with Crippen LogP contribution in [-0.2, 0) is 43.8 Å². The third-order valence-electron chi connectivity index (χ3n) is 5.90. The molecule has 2 aliphatic rings. The van der Waals surface area contributed by atoms with Crippen molar-refractivity contribution >= 4 is 11.9 Å². The number of fused-ring (bicyclic) bond motifs is 1. The topological polar surface area (TPSA) is 93.4 Å². The highest BCUT2D eigenvalue weighted by Crippen LogP contribution is 2.33. The molecular formula is C20H22N4O4. The number of hydrogen-bond donors (Lipinski definition) is 1. The Labute approximate surface area is 161 Å². The fourth-order valence-corrected chi connectivity index (χ4v) is 4.01. The number of aryl methyl sites for hydroxylation is 2. The molecule has 8 heteroatoms. The van der Waals surface area contributed by atoms with E-state index in [1.807, 2.05) is 18.2 Å². The van der Waals surface area contributed by atoms with E-state index < -0.39 is 28.7 Å². The van der Waals surface area contributed by atoms with Gasteiger partial charge >= 0.3 is 11.7 Å². The van der Waals surface area contributed by atoms with Gasteiger partial charge < -0.3 is 5.32 Å². The number of benzene rings is 1. The van der Waals surface area contributed by atoms with E-state index in [1.165, 1.54) is 35.9 Å². The molecule has 1 atom stereocenters. The zero-order chi connectivity index (χ0) is 20.2. The van der Waals surface area contributed by atoms with E-state index in [9.17, 15) is 19.2 Å². The van der Waals surface area contributed by atoms with Crippen LogP contribution in [0.15, 0.2) is 33.9 Å². The van der Waals surface area contributed by atoms with Gasteiger partial charge in [0.25, 0.3) is 11.5 Å². The van der Waals surface area contributed by atoms with Gasteiger partial charge in [0.15, 0.2) is 0 Å². The van der Waals surface area contributed by atoms with Gasteiger partial charge in [-0.25, -0.2) is 9.59 Å². The van der Waals surface area contributed by atoms with Gasteiger partial charge in [-0.15, -0.1) is 0 Å². The van der Waals surface area contributed by atoms with Crippen LogP contribution in [0.25, 0.3) is 0 Å². The quantitative estimate of drug-likeness (QED) is 0.784. The number of hydrogen-bond acceptors (Lipinski definition) is 4. The second-order valence-corrected chi connectivity index (χ2v) is 7.66. The summed E-state index contributed by atoms with van der Waals surface area (Å²) in [5.41, 5.74) is 1.39. The number of nitrogens with one attached hydrogen (secondary N) is 1. The summed E-state index contributed by atoms with van der Waals surface area (Å²) < 4.78 is 2.25. The van der Waals surface area contributed by atoms with Crippen molar-refractivity contribution < 1.29 is 9.59 Å². The van der Waals surface area contributed by atoms with E-state index in [0.29, 0.717) is 5.69 Å². The molecule has 0 bridgehead atoms. The van der Waals surface area contributed by atoms with Crippen LogP contribution in [0.1, 0.15) is 35.7 Å². The summed E-state index contributed by atoms with van der Waals surface area (Å²) in [6.45, 7) is 1.54. The van der Waals surface area contributed by atoms with Crippen molar-refractivity contribution in [3.8, 4) is 0 Å². The molecule has 2 heterocycles. The number of carbonyl (C=O) groups excluding carboxylic acids is 2. The van der Waals surface area contributed by atoms with Gasteiger partial charge in [-0.1, -0.05) is 18.2 Å². The molecule has 1 aromatic heterocycles. The van der Waals surface area contributed by atoms with Crippen LogP contribution < -0.4 is 16.6 Å². The lowest BCUT2D eigenvalue weighted by molar-refractivity contribution is -0.131. The molecule has 1 aliphatic heterocycles. The number of amides is 3. The Morgan fingerprint density at radius 2 is 1.71 bits per heavy atom. The molecule has 1 aliphatic carbocycles. The third-order valence-corrected chi connectivity index (χ3v) is 5.90. The summed E-state index contributed by atoms with van der Waals surface area (Å²) in [5.74, 6) is -0.399. The van der Waals surface area contributed by atoms with Crippen molar-refractivity contribution in [2.75, 3.05) is 0 Å². The summed E-state index contributed by atoms with van der Waals surface area (Å²) in [7, 11) is 2.89. The Bertz CT molecular complexity index is 1130. The van der Waals surface area contributed by atoms with Gasteiger partial charge in [0.2, 0.25) is 0 Å². The molecule has 146 valence electrons. The minimum Gasteiger partial charge on any atom is -0.319 e. The highest BCUT2D eigenvalue weighted by atomic mass is 16.2. The minimum absolute atomic E-state index is 0.146. The maximum Gasteiger partial charge on any atom is 0.330 e. The van der Waals surface area contributed by atoms with Crippen LogP contribution in [0.4, 0.5) is 4.79 Å². The monoisotopic (exact) mass is 382 g/mol. The minimum atomic E-state index is -1.17. The number of nitrogens with zero attached hydrogens (tertiary/aromatic N) is 3. The fraction of sp³-hybridized carbons (Fsp3) is 0.400. The Kier molecular flexibility index (Phi) is 4.02. The van der Waals surface area contributed by atoms with E-state index in [4.69, 9.17) is 0 Å². The molecule has 8 nitrogen and oxygen atoms in total. The van der Waals surface area contributed by atoms with Crippen LogP contribution in [0.5, 0.6) is 0 Å².